The highest BCUT2D eigenvalue weighted by atomic mass is 16.5. The van der Waals surface area contributed by atoms with Crippen LogP contribution in [0, 0.1) is 17.8 Å². The van der Waals surface area contributed by atoms with Crippen molar-refractivity contribution in [3.05, 3.63) is 30.3 Å². The molecular formula is C18H27NO. The number of rotatable bonds is 6. The number of fused-ring (bicyclic) bond motifs is 2. The van der Waals surface area contributed by atoms with Crippen LogP contribution in [-0.2, 0) is 0 Å². The number of para-hydroxylation sites is 1. The molecule has 3 unspecified atom stereocenters. The largest absolute Gasteiger partial charge is 0.494 e. The van der Waals surface area contributed by atoms with Gasteiger partial charge in [-0.05, 0) is 62.1 Å². The van der Waals surface area contributed by atoms with Crippen LogP contribution in [0.25, 0.3) is 0 Å². The van der Waals surface area contributed by atoms with Crippen LogP contribution < -0.4 is 4.74 Å². The van der Waals surface area contributed by atoms with Gasteiger partial charge in [0.1, 0.15) is 5.75 Å². The van der Waals surface area contributed by atoms with Crippen molar-refractivity contribution >= 4 is 0 Å². The summed E-state index contributed by atoms with van der Waals surface area (Å²) in [6.45, 7) is 7.25. The van der Waals surface area contributed by atoms with Gasteiger partial charge in [-0.15, -0.1) is 0 Å². The van der Waals surface area contributed by atoms with Crippen LogP contribution in [-0.4, -0.2) is 31.1 Å². The Labute approximate surface area is 123 Å². The molecule has 1 aliphatic heterocycles. The highest BCUT2D eigenvalue weighted by Gasteiger charge is 2.37. The number of piperidine rings is 1. The van der Waals surface area contributed by atoms with Crippen LogP contribution >= 0.6 is 0 Å². The number of hydrogen-bond acceptors (Lipinski definition) is 2. The summed E-state index contributed by atoms with van der Waals surface area (Å²) >= 11 is 0. The minimum atomic E-state index is 0.848. The minimum Gasteiger partial charge on any atom is -0.494 e. The first kappa shape index (κ1) is 13.9. The third kappa shape index (κ3) is 3.54. The Kier molecular flexibility index (Phi) is 4.62. The predicted molar refractivity (Wildman–Crippen MR) is 83.0 cm³/mol. The number of hydrogen-bond donors (Lipinski definition) is 0. The highest BCUT2D eigenvalue weighted by Crippen LogP contribution is 2.40. The van der Waals surface area contributed by atoms with E-state index in [0.29, 0.717) is 0 Å². The van der Waals surface area contributed by atoms with Crippen molar-refractivity contribution in [1.29, 1.82) is 0 Å². The number of likely N-dealkylation sites (tertiary alicyclic amines) is 1. The summed E-state index contributed by atoms with van der Waals surface area (Å²) in [5, 5.41) is 0. The Morgan fingerprint density at radius 3 is 2.75 bits per heavy atom. The summed E-state index contributed by atoms with van der Waals surface area (Å²) in [4.78, 5) is 2.70. The van der Waals surface area contributed by atoms with E-state index >= 15 is 0 Å². The fourth-order valence-electron chi connectivity index (χ4n) is 3.98. The Morgan fingerprint density at radius 2 is 1.95 bits per heavy atom. The SMILES string of the molecule is CC1CC2CC1CN(CCCCOc1ccccc1)C2. The molecule has 0 N–H and O–H groups in total. The van der Waals surface area contributed by atoms with E-state index in [1.807, 2.05) is 30.3 Å². The van der Waals surface area contributed by atoms with E-state index in [0.717, 1.165) is 36.5 Å². The molecule has 2 heteroatoms. The molecule has 2 aliphatic rings. The van der Waals surface area contributed by atoms with Crippen molar-refractivity contribution in [2.45, 2.75) is 32.6 Å². The Bertz CT molecular complexity index is 403. The van der Waals surface area contributed by atoms with Crippen molar-refractivity contribution in [1.82, 2.24) is 4.90 Å². The molecule has 3 rings (SSSR count). The van der Waals surface area contributed by atoms with E-state index < -0.39 is 0 Å². The fourth-order valence-corrected chi connectivity index (χ4v) is 3.98. The molecule has 1 aromatic carbocycles. The van der Waals surface area contributed by atoms with E-state index in [9.17, 15) is 0 Å². The van der Waals surface area contributed by atoms with Crippen LogP contribution in [0.2, 0.25) is 0 Å². The van der Waals surface area contributed by atoms with Crippen molar-refractivity contribution in [3.63, 3.8) is 0 Å². The predicted octanol–water partition coefficient (Wildman–Crippen LogP) is 3.82. The molecule has 2 fully saturated rings. The molecule has 1 saturated heterocycles. The normalized spacial score (nSPS) is 29.6. The summed E-state index contributed by atoms with van der Waals surface area (Å²) in [6.07, 6.45) is 5.39. The van der Waals surface area contributed by atoms with E-state index in [1.54, 1.807) is 0 Å². The maximum Gasteiger partial charge on any atom is 0.119 e. The van der Waals surface area contributed by atoms with Gasteiger partial charge in [0.25, 0.3) is 0 Å². The first-order valence-corrected chi connectivity index (χ1v) is 8.21. The third-order valence-electron chi connectivity index (χ3n) is 5.04. The van der Waals surface area contributed by atoms with E-state index in [4.69, 9.17) is 4.74 Å². The standard InChI is InChI=1S/C18H27NO/c1-15-11-16-12-17(15)14-19(13-16)9-5-6-10-20-18-7-3-2-4-8-18/h2-4,7-8,15-17H,5-6,9-14H2,1H3. The quantitative estimate of drug-likeness (QED) is 0.731. The van der Waals surface area contributed by atoms with Crippen LogP contribution in [0.5, 0.6) is 5.75 Å². The van der Waals surface area contributed by atoms with Crippen LogP contribution in [0.4, 0.5) is 0 Å². The second kappa shape index (κ2) is 6.62. The topological polar surface area (TPSA) is 12.5 Å². The molecule has 110 valence electrons. The molecule has 0 amide bonds. The zero-order valence-corrected chi connectivity index (χ0v) is 12.6. The zero-order chi connectivity index (χ0) is 13.8. The summed E-state index contributed by atoms with van der Waals surface area (Å²) in [6, 6.07) is 10.1. The summed E-state index contributed by atoms with van der Waals surface area (Å²) in [5.41, 5.74) is 0. The fraction of sp³-hybridized carbons (Fsp3) is 0.667. The van der Waals surface area contributed by atoms with Gasteiger partial charge < -0.3 is 9.64 Å². The molecule has 0 aromatic heterocycles. The third-order valence-corrected chi connectivity index (χ3v) is 5.04. The van der Waals surface area contributed by atoms with E-state index in [1.165, 1.54) is 38.9 Å². The van der Waals surface area contributed by atoms with Crippen LogP contribution in [0.3, 0.4) is 0 Å². The van der Waals surface area contributed by atoms with Gasteiger partial charge in [0.05, 0.1) is 6.61 Å². The lowest BCUT2D eigenvalue weighted by Gasteiger charge is -2.32. The lowest BCUT2D eigenvalue weighted by molar-refractivity contribution is 0.155. The van der Waals surface area contributed by atoms with Crippen molar-refractivity contribution < 1.29 is 4.74 Å². The van der Waals surface area contributed by atoms with Gasteiger partial charge in [-0.2, -0.15) is 0 Å². The average Bonchev–Trinajstić information content (AvgIpc) is 2.73. The maximum atomic E-state index is 5.75. The maximum absolute atomic E-state index is 5.75. The first-order chi connectivity index (χ1) is 9.81. The smallest absolute Gasteiger partial charge is 0.119 e. The van der Waals surface area contributed by atoms with Gasteiger partial charge in [0.2, 0.25) is 0 Å². The Hall–Kier alpha value is -1.02. The van der Waals surface area contributed by atoms with E-state index in [2.05, 4.69) is 11.8 Å². The lowest BCUT2D eigenvalue weighted by atomic mass is 9.95. The lowest BCUT2D eigenvalue weighted by Crippen LogP contribution is -2.37. The molecule has 2 nitrogen and oxygen atoms in total. The van der Waals surface area contributed by atoms with Crippen LogP contribution in [0.1, 0.15) is 32.6 Å². The molecule has 3 atom stereocenters. The first-order valence-electron chi connectivity index (χ1n) is 8.21. The minimum absolute atomic E-state index is 0.848. The Balaban J connectivity index is 1.31. The van der Waals surface area contributed by atoms with Gasteiger partial charge in [-0.25, -0.2) is 0 Å². The Morgan fingerprint density at radius 1 is 1.10 bits per heavy atom. The molecule has 2 bridgehead atoms. The molecule has 0 spiro atoms. The summed E-state index contributed by atoms with van der Waals surface area (Å²) < 4.78 is 5.75. The molecule has 1 aliphatic carbocycles. The number of ether oxygens (including phenoxy) is 1. The van der Waals surface area contributed by atoms with Gasteiger partial charge >= 0.3 is 0 Å². The van der Waals surface area contributed by atoms with Gasteiger partial charge in [-0.1, -0.05) is 25.1 Å². The monoisotopic (exact) mass is 273 g/mol. The number of nitrogens with zero attached hydrogens (tertiary/aromatic N) is 1. The second-order valence-corrected chi connectivity index (χ2v) is 6.70. The average molecular weight is 273 g/mol. The molecule has 20 heavy (non-hydrogen) atoms. The van der Waals surface area contributed by atoms with Gasteiger partial charge in [-0.3, -0.25) is 0 Å². The van der Waals surface area contributed by atoms with Crippen molar-refractivity contribution in [2.24, 2.45) is 17.8 Å². The number of unbranched alkanes of at least 4 members (excludes halogenated alkanes) is 1. The van der Waals surface area contributed by atoms with Gasteiger partial charge in [0, 0.05) is 13.1 Å². The van der Waals surface area contributed by atoms with E-state index in [-0.39, 0.29) is 0 Å². The molecule has 1 aromatic rings. The molecular weight excluding hydrogens is 246 g/mol. The van der Waals surface area contributed by atoms with Gasteiger partial charge in [0.15, 0.2) is 0 Å². The molecule has 1 heterocycles. The highest BCUT2D eigenvalue weighted by molar-refractivity contribution is 5.20. The number of benzene rings is 1. The second-order valence-electron chi connectivity index (χ2n) is 6.70. The molecule has 0 radical (unpaired) electrons. The van der Waals surface area contributed by atoms with Crippen molar-refractivity contribution in [2.75, 3.05) is 26.2 Å². The van der Waals surface area contributed by atoms with Crippen LogP contribution in [0.15, 0.2) is 30.3 Å². The summed E-state index contributed by atoms with van der Waals surface area (Å²) in [5.74, 6) is 3.93. The van der Waals surface area contributed by atoms with Crippen molar-refractivity contribution in [3.8, 4) is 5.75 Å². The molecule has 1 saturated carbocycles. The summed E-state index contributed by atoms with van der Waals surface area (Å²) in [7, 11) is 0. The zero-order valence-electron chi connectivity index (χ0n) is 12.6.